The van der Waals surface area contributed by atoms with E-state index in [0.29, 0.717) is 0 Å². The van der Waals surface area contributed by atoms with Gasteiger partial charge in [-0.05, 0) is 43.9 Å². The minimum absolute atomic E-state index is 0.0658. The maximum Gasteiger partial charge on any atom is 0.150 e. The molecule has 3 heterocycles. The number of ether oxygens (including phenoxy) is 1. The number of nitrogens with zero attached hydrogens (tertiary/aromatic N) is 4. The Hall–Kier alpha value is -2.40. The maximum atomic E-state index is 5.82. The molecule has 23 heavy (non-hydrogen) atoms. The predicted octanol–water partition coefficient (Wildman–Crippen LogP) is 3.74. The third-order valence-electron chi connectivity index (χ3n) is 4.27. The van der Waals surface area contributed by atoms with Crippen molar-refractivity contribution in [3.8, 4) is 16.8 Å². The molecule has 5 heteroatoms. The van der Waals surface area contributed by atoms with Gasteiger partial charge < -0.3 is 4.74 Å². The minimum atomic E-state index is 0.0658. The summed E-state index contributed by atoms with van der Waals surface area (Å²) in [5, 5.41) is 8.90. The molecule has 2 aromatic heterocycles. The SMILES string of the molecule is Cc1ccc(-c2cnn(C3CCCCO3)c2)c(-n2cccn2)c1. The van der Waals surface area contributed by atoms with Crippen LogP contribution < -0.4 is 0 Å². The lowest BCUT2D eigenvalue weighted by molar-refractivity contribution is -0.0394. The van der Waals surface area contributed by atoms with Crippen molar-refractivity contribution in [2.24, 2.45) is 0 Å². The summed E-state index contributed by atoms with van der Waals surface area (Å²) in [5.41, 5.74) is 4.49. The highest BCUT2D eigenvalue weighted by Gasteiger charge is 2.18. The molecular weight excluding hydrogens is 288 g/mol. The topological polar surface area (TPSA) is 44.9 Å². The van der Waals surface area contributed by atoms with Crippen molar-refractivity contribution in [1.82, 2.24) is 19.6 Å². The van der Waals surface area contributed by atoms with E-state index in [2.05, 4.69) is 41.5 Å². The van der Waals surface area contributed by atoms with Crippen LogP contribution in [0, 0.1) is 6.92 Å². The molecule has 0 saturated carbocycles. The lowest BCUT2D eigenvalue weighted by Gasteiger charge is -2.22. The van der Waals surface area contributed by atoms with Crippen LogP contribution in [0.25, 0.3) is 16.8 Å². The summed E-state index contributed by atoms with van der Waals surface area (Å²) in [5.74, 6) is 0. The first kappa shape index (κ1) is 14.2. The van der Waals surface area contributed by atoms with Gasteiger partial charge in [0, 0.05) is 36.3 Å². The normalized spacial score (nSPS) is 18.2. The highest BCUT2D eigenvalue weighted by atomic mass is 16.5. The van der Waals surface area contributed by atoms with E-state index < -0.39 is 0 Å². The number of aryl methyl sites for hydroxylation is 1. The van der Waals surface area contributed by atoms with Gasteiger partial charge in [-0.25, -0.2) is 9.36 Å². The van der Waals surface area contributed by atoms with E-state index in [0.717, 1.165) is 36.3 Å². The van der Waals surface area contributed by atoms with Gasteiger partial charge in [-0.3, -0.25) is 0 Å². The van der Waals surface area contributed by atoms with Gasteiger partial charge in [-0.1, -0.05) is 12.1 Å². The lowest BCUT2D eigenvalue weighted by Crippen LogP contribution is -2.18. The molecule has 1 aliphatic heterocycles. The smallest absolute Gasteiger partial charge is 0.150 e. The van der Waals surface area contributed by atoms with Gasteiger partial charge in [0.15, 0.2) is 0 Å². The van der Waals surface area contributed by atoms with Crippen LogP contribution in [-0.4, -0.2) is 26.2 Å². The van der Waals surface area contributed by atoms with E-state index in [-0.39, 0.29) is 6.23 Å². The third-order valence-corrected chi connectivity index (χ3v) is 4.27. The molecule has 0 amide bonds. The van der Waals surface area contributed by atoms with Crippen molar-refractivity contribution in [2.45, 2.75) is 32.4 Å². The summed E-state index contributed by atoms with van der Waals surface area (Å²) in [6.45, 7) is 2.92. The quantitative estimate of drug-likeness (QED) is 0.740. The summed E-state index contributed by atoms with van der Waals surface area (Å²) in [6, 6.07) is 8.34. The molecule has 0 aliphatic carbocycles. The van der Waals surface area contributed by atoms with E-state index in [1.165, 1.54) is 12.0 Å². The van der Waals surface area contributed by atoms with Crippen LogP contribution in [-0.2, 0) is 4.74 Å². The second kappa shape index (κ2) is 6.01. The molecule has 1 saturated heterocycles. The van der Waals surface area contributed by atoms with E-state index in [4.69, 9.17) is 4.74 Å². The van der Waals surface area contributed by atoms with Gasteiger partial charge in [0.2, 0.25) is 0 Å². The van der Waals surface area contributed by atoms with Crippen molar-refractivity contribution in [2.75, 3.05) is 6.61 Å². The summed E-state index contributed by atoms with van der Waals surface area (Å²) >= 11 is 0. The van der Waals surface area contributed by atoms with Crippen LogP contribution in [0.5, 0.6) is 0 Å². The third kappa shape index (κ3) is 2.80. The Morgan fingerprint density at radius 2 is 2.17 bits per heavy atom. The monoisotopic (exact) mass is 308 g/mol. The molecular formula is C18H20N4O. The Kier molecular flexibility index (Phi) is 3.71. The molecule has 1 atom stereocenters. The Balaban J connectivity index is 1.72. The predicted molar refractivity (Wildman–Crippen MR) is 88.4 cm³/mol. The van der Waals surface area contributed by atoms with Gasteiger partial charge in [0.05, 0.1) is 11.9 Å². The molecule has 0 bridgehead atoms. The van der Waals surface area contributed by atoms with E-state index in [1.807, 2.05) is 27.8 Å². The van der Waals surface area contributed by atoms with Crippen LogP contribution in [0.15, 0.2) is 49.1 Å². The summed E-state index contributed by atoms with van der Waals surface area (Å²) in [7, 11) is 0. The second-order valence-electron chi connectivity index (χ2n) is 6.00. The molecule has 0 radical (unpaired) electrons. The first-order valence-electron chi connectivity index (χ1n) is 8.08. The van der Waals surface area contributed by atoms with Gasteiger partial charge in [0.1, 0.15) is 6.23 Å². The van der Waals surface area contributed by atoms with Crippen molar-refractivity contribution in [1.29, 1.82) is 0 Å². The number of hydrogen-bond donors (Lipinski definition) is 0. The van der Waals surface area contributed by atoms with Gasteiger partial charge in [-0.15, -0.1) is 0 Å². The molecule has 1 aliphatic rings. The molecule has 5 nitrogen and oxygen atoms in total. The minimum Gasteiger partial charge on any atom is -0.357 e. The van der Waals surface area contributed by atoms with Crippen LogP contribution >= 0.6 is 0 Å². The molecule has 1 fully saturated rings. The molecule has 4 rings (SSSR count). The molecule has 118 valence electrons. The first-order valence-corrected chi connectivity index (χ1v) is 8.08. The molecule has 1 aromatic carbocycles. The van der Waals surface area contributed by atoms with E-state index in [1.54, 1.807) is 6.20 Å². The summed E-state index contributed by atoms with van der Waals surface area (Å²) in [6.07, 6.45) is 11.2. The first-order chi connectivity index (χ1) is 11.3. The summed E-state index contributed by atoms with van der Waals surface area (Å²) in [4.78, 5) is 0. The average molecular weight is 308 g/mol. The Labute approximate surface area is 135 Å². The fourth-order valence-electron chi connectivity index (χ4n) is 3.05. The van der Waals surface area contributed by atoms with Crippen molar-refractivity contribution in [3.05, 3.63) is 54.6 Å². The zero-order valence-electron chi connectivity index (χ0n) is 13.2. The number of aromatic nitrogens is 4. The van der Waals surface area contributed by atoms with Gasteiger partial charge in [0.25, 0.3) is 0 Å². The number of benzene rings is 1. The maximum absolute atomic E-state index is 5.82. The second-order valence-corrected chi connectivity index (χ2v) is 6.00. The van der Waals surface area contributed by atoms with E-state index >= 15 is 0 Å². The molecule has 3 aromatic rings. The molecule has 0 spiro atoms. The Morgan fingerprint density at radius 1 is 1.22 bits per heavy atom. The zero-order valence-corrected chi connectivity index (χ0v) is 13.2. The molecule has 1 unspecified atom stereocenters. The molecule has 0 N–H and O–H groups in total. The van der Waals surface area contributed by atoms with Crippen LogP contribution in [0.1, 0.15) is 31.1 Å². The standard InChI is InChI=1S/C18H20N4O/c1-14-6-7-16(17(11-14)21-9-4-8-19-21)15-12-20-22(13-15)18-5-2-3-10-23-18/h4,6-9,11-13,18H,2-3,5,10H2,1H3. The number of rotatable bonds is 3. The van der Waals surface area contributed by atoms with E-state index in [9.17, 15) is 0 Å². The summed E-state index contributed by atoms with van der Waals surface area (Å²) < 4.78 is 9.66. The van der Waals surface area contributed by atoms with Gasteiger partial charge in [-0.2, -0.15) is 10.2 Å². The average Bonchev–Trinajstić information content (AvgIpc) is 3.27. The zero-order chi connectivity index (χ0) is 15.6. The van der Waals surface area contributed by atoms with Crippen LogP contribution in [0.3, 0.4) is 0 Å². The van der Waals surface area contributed by atoms with Crippen LogP contribution in [0.4, 0.5) is 0 Å². The number of hydrogen-bond acceptors (Lipinski definition) is 3. The van der Waals surface area contributed by atoms with Crippen molar-refractivity contribution >= 4 is 0 Å². The fourth-order valence-corrected chi connectivity index (χ4v) is 3.05. The highest BCUT2D eigenvalue weighted by molar-refractivity contribution is 5.72. The van der Waals surface area contributed by atoms with Crippen LogP contribution in [0.2, 0.25) is 0 Å². The van der Waals surface area contributed by atoms with Gasteiger partial charge >= 0.3 is 0 Å². The van der Waals surface area contributed by atoms with Crippen molar-refractivity contribution in [3.63, 3.8) is 0 Å². The highest BCUT2D eigenvalue weighted by Crippen LogP contribution is 2.29. The fraction of sp³-hybridized carbons (Fsp3) is 0.333. The Morgan fingerprint density at radius 3 is 2.96 bits per heavy atom. The van der Waals surface area contributed by atoms with Crippen molar-refractivity contribution < 1.29 is 4.74 Å². The Bertz CT molecular complexity index is 785. The largest absolute Gasteiger partial charge is 0.357 e. The lowest BCUT2D eigenvalue weighted by atomic mass is 10.0.